The Hall–Kier alpha value is -1.23. The van der Waals surface area contributed by atoms with Crippen molar-refractivity contribution >= 4 is 33.2 Å². The normalized spacial score (nSPS) is 19.1. The van der Waals surface area contributed by atoms with Crippen molar-refractivity contribution in [2.45, 2.75) is 18.9 Å². The van der Waals surface area contributed by atoms with Gasteiger partial charge >= 0.3 is 0 Å². The van der Waals surface area contributed by atoms with Crippen LogP contribution in [0.15, 0.2) is 46.9 Å². The minimum atomic E-state index is -3.65. The predicted octanol–water partition coefficient (Wildman–Crippen LogP) is 3.20. The zero-order chi connectivity index (χ0) is 23.8. The Morgan fingerprint density at radius 1 is 1.15 bits per heavy atom. The van der Waals surface area contributed by atoms with Gasteiger partial charge in [-0.05, 0) is 48.9 Å². The van der Waals surface area contributed by atoms with E-state index >= 15 is 0 Å². The first-order chi connectivity index (χ1) is 15.8. The summed E-state index contributed by atoms with van der Waals surface area (Å²) in [5, 5.41) is 1.27. The Bertz CT molecular complexity index is 1020. The Kier molecular flexibility index (Phi) is 9.96. The molecule has 3 N–H and O–H groups in total. The quantitative estimate of drug-likeness (QED) is 0.439. The van der Waals surface area contributed by atoms with Gasteiger partial charge in [0.25, 0.3) is 0 Å². The van der Waals surface area contributed by atoms with Gasteiger partial charge in [-0.15, -0.1) is 0 Å². The standard InChI is InChI=1S/C23H31Cl2N3O4S/c1-28-15-21(20-13-18(24)14-23(25)22(20)16-28)17-3-2-4-19(6-5-17)33(29,30)27-8-10-32-12-11-31-9-7-26/h2,4-6,13-14,21,27H,3,7-12,15-16,26H2,1H3. The number of benzene rings is 1. The molecule has 0 saturated carbocycles. The third-order valence-electron chi connectivity index (χ3n) is 5.52. The van der Waals surface area contributed by atoms with Crippen LogP contribution in [0, 0.1) is 0 Å². The van der Waals surface area contributed by atoms with Gasteiger partial charge in [0.2, 0.25) is 10.0 Å². The van der Waals surface area contributed by atoms with Crippen LogP contribution in [-0.4, -0.2) is 66.4 Å². The number of ether oxygens (including phenoxy) is 2. The molecule has 1 atom stereocenters. The first kappa shape index (κ1) is 26.4. The van der Waals surface area contributed by atoms with Crippen molar-refractivity contribution in [1.82, 2.24) is 9.62 Å². The van der Waals surface area contributed by atoms with E-state index in [0.717, 1.165) is 29.8 Å². The van der Waals surface area contributed by atoms with Crippen LogP contribution in [0.4, 0.5) is 0 Å². The third kappa shape index (κ3) is 7.37. The van der Waals surface area contributed by atoms with Gasteiger partial charge in [-0.25, -0.2) is 13.1 Å². The fraction of sp³-hybridized carbons (Fsp3) is 0.478. The summed E-state index contributed by atoms with van der Waals surface area (Å²) in [6, 6.07) is 3.74. The monoisotopic (exact) mass is 515 g/mol. The molecule has 0 amide bonds. The number of hydrogen-bond acceptors (Lipinski definition) is 6. The second-order valence-electron chi connectivity index (χ2n) is 8.03. The van der Waals surface area contributed by atoms with Crippen LogP contribution in [0.25, 0.3) is 0 Å². The van der Waals surface area contributed by atoms with Crippen molar-refractivity contribution in [1.29, 1.82) is 0 Å². The molecule has 3 rings (SSSR count). The first-order valence-corrected chi connectivity index (χ1v) is 13.1. The lowest BCUT2D eigenvalue weighted by Gasteiger charge is -2.34. The number of hydrogen-bond donors (Lipinski definition) is 2. The van der Waals surface area contributed by atoms with Gasteiger partial charge in [0.15, 0.2) is 0 Å². The summed E-state index contributed by atoms with van der Waals surface area (Å²) in [5.41, 5.74) is 8.63. The summed E-state index contributed by atoms with van der Waals surface area (Å²) in [7, 11) is -1.60. The van der Waals surface area contributed by atoms with Crippen LogP contribution in [0.3, 0.4) is 0 Å². The van der Waals surface area contributed by atoms with Crippen LogP contribution in [0.5, 0.6) is 0 Å². The largest absolute Gasteiger partial charge is 0.378 e. The van der Waals surface area contributed by atoms with Crippen molar-refractivity contribution < 1.29 is 17.9 Å². The van der Waals surface area contributed by atoms with Crippen LogP contribution >= 0.6 is 23.2 Å². The molecule has 1 aromatic carbocycles. The molecule has 1 aromatic rings. The smallest absolute Gasteiger partial charge is 0.240 e. The molecule has 10 heteroatoms. The highest BCUT2D eigenvalue weighted by molar-refractivity contribution is 7.93. The van der Waals surface area contributed by atoms with Crippen molar-refractivity contribution in [3.63, 3.8) is 0 Å². The van der Waals surface area contributed by atoms with Crippen molar-refractivity contribution in [2.24, 2.45) is 5.73 Å². The molecule has 7 nitrogen and oxygen atoms in total. The van der Waals surface area contributed by atoms with E-state index in [-0.39, 0.29) is 24.0 Å². The van der Waals surface area contributed by atoms with Gasteiger partial charge in [-0.3, -0.25) is 0 Å². The van der Waals surface area contributed by atoms with E-state index in [4.69, 9.17) is 38.4 Å². The molecule has 0 saturated heterocycles. The Labute approximate surface area is 206 Å². The number of nitrogens with one attached hydrogen (secondary N) is 1. The molecular weight excluding hydrogens is 485 g/mol. The number of nitrogens with two attached hydrogens (primary N) is 1. The maximum Gasteiger partial charge on any atom is 0.240 e. The highest BCUT2D eigenvalue weighted by atomic mass is 35.5. The van der Waals surface area contributed by atoms with E-state index in [9.17, 15) is 8.42 Å². The van der Waals surface area contributed by atoms with Gasteiger partial charge in [0.05, 0.1) is 31.3 Å². The highest BCUT2D eigenvalue weighted by Crippen LogP contribution is 2.40. The molecule has 182 valence electrons. The molecule has 1 unspecified atom stereocenters. The molecule has 0 aromatic heterocycles. The van der Waals surface area contributed by atoms with E-state index < -0.39 is 10.0 Å². The van der Waals surface area contributed by atoms with Crippen molar-refractivity contribution in [3.05, 3.63) is 68.1 Å². The molecule has 2 aliphatic rings. The number of allylic oxidation sites excluding steroid dienone is 4. The summed E-state index contributed by atoms with van der Waals surface area (Å²) < 4.78 is 38.6. The van der Waals surface area contributed by atoms with E-state index in [1.54, 1.807) is 18.2 Å². The molecular formula is C23H31Cl2N3O4S. The molecule has 33 heavy (non-hydrogen) atoms. The van der Waals surface area contributed by atoms with Crippen molar-refractivity contribution in [2.75, 3.05) is 53.1 Å². The van der Waals surface area contributed by atoms with Gasteiger partial charge in [-0.2, -0.15) is 0 Å². The van der Waals surface area contributed by atoms with Crippen LogP contribution < -0.4 is 10.5 Å². The minimum absolute atomic E-state index is 0.0840. The number of rotatable bonds is 11. The number of halogens is 2. The number of fused-ring (bicyclic) bond motifs is 1. The summed E-state index contributed by atoms with van der Waals surface area (Å²) in [5.74, 6) is 0.0840. The lowest BCUT2D eigenvalue weighted by atomic mass is 9.83. The average molecular weight is 516 g/mol. The Morgan fingerprint density at radius 2 is 1.91 bits per heavy atom. The van der Waals surface area contributed by atoms with E-state index in [0.29, 0.717) is 42.8 Å². The number of likely N-dealkylation sites (N-methyl/N-ethyl adjacent to an activating group) is 1. The molecule has 0 bridgehead atoms. The maximum absolute atomic E-state index is 12.7. The molecule has 1 heterocycles. The Morgan fingerprint density at radius 3 is 2.67 bits per heavy atom. The maximum atomic E-state index is 12.7. The van der Waals surface area contributed by atoms with Crippen LogP contribution in [-0.2, 0) is 26.0 Å². The second-order valence-corrected chi connectivity index (χ2v) is 10.6. The fourth-order valence-corrected chi connectivity index (χ4v) is 5.57. The molecule has 0 spiro atoms. The lowest BCUT2D eigenvalue weighted by Crippen LogP contribution is -2.31. The summed E-state index contributed by atoms with van der Waals surface area (Å²) >= 11 is 12.8. The van der Waals surface area contributed by atoms with Gasteiger partial charge in [0, 0.05) is 42.1 Å². The zero-order valence-corrected chi connectivity index (χ0v) is 21.1. The molecule has 0 radical (unpaired) electrons. The summed E-state index contributed by atoms with van der Waals surface area (Å²) in [4.78, 5) is 2.43. The minimum Gasteiger partial charge on any atom is -0.378 e. The molecule has 1 aliphatic carbocycles. The summed E-state index contributed by atoms with van der Waals surface area (Å²) in [6.45, 7) is 3.77. The zero-order valence-electron chi connectivity index (χ0n) is 18.7. The highest BCUT2D eigenvalue weighted by Gasteiger charge is 2.28. The van der Waals surface area contributed by atoms with Crippen molar-refractivity contribution in [3.8, 4) is 0 Å². The van der Waals surface area contributed by atoms with Crippen LogP contribution in [0.1, 0.15) is 23.5 Å². The van der Waals surface area contributed by atoms with E-state index in [1.165, 1.54) is 0 Å². The van der Waals surface area contributed by atoms with Crippen LogP contribution in [0.2, 0.25) is 10.0 Å². The average Bonchev–Trinajstić information content (AvgIpc) is 3.02. The van der Waals surface area contributed by atoms with Gasteiger partial charge in [-0.1, -0.05) is 40.9 Å². The van der Waals surface area contributed by atoms with Gasteiger partial charge in [0.1, 0.15) is 0 Å². The first-order valence-electron chi connectivity index (χ1n) is 10.9. The molecule has 1 aliphatic heterocycles. The SMILES string of the molecule is CN1Cc2c(Cl)cc(Cl)cc2C(C2=CC=C(S(=O)(=O)NCCOCCOCCN)C=CC2)C1. The lowest BCUT2D eigenvalue weighted by molar-refractivity contribution is 0.0531. The fourth-order valence-electron chi connectivity index (χ4n) is 3.96. The second kappa shape index (κ2) is 12.5. The number of sulfonamides is 1. The predicted molar refractivity (Wildman–Crippen MR) is 133 cm³/mol. The number of nitrogens with zero attached hydrogens (tertiary/aromatic N) is 1. The third-order valence-corrected chi connectivity index (χ3v) is 7.55. The van der Waals surface area contributed by atoms with E-state index in [1.807, 2.05) is 18.2 Å². The Balaban J connectivity index is 1.66. The van der Waals surface area contributed by atoms with E-state index in [2.05, 4.69) is 16.7 Å². The summed E-state index contributed by atoms with van der Waals surface area (Å²) in [6.07, 6.45) is 7.73. The molecule has 0 fully saturated rings. The topological polar surface area (TPSA) is 93.9 Å². The van der Waals surface area contributed by atoms with Gasteiger partial charge < -0.3 is 20.1 Å².